The van der Waals surface area contributed by atoms with Crippen LogP contribution in [-0.2, 0) is 4.79 Å². The second kappa shape index (κ2) is 9.66. The lowest BCUT2D eigenvalue weighted by Crippen LogP contribution is -2.38. The number of hydrogen-bond donors (Lipinski definition) is 0. The van der Waals surface area contributed by atoms with E-state index in [9.17, 15) is 22.8 Å². The van der Waals surface area contributed by atoms with Crippen molar-refractivity contribution in [3.63, 3.8) is 0 Å². The number of nitrogens with zero attached hydrogens (tertiary/aromatic N) is 2. The topological polar surface area (TPSA) is 59.1 Å². The van der Waals surface area contributed by atoms with E-state index in [4.69, 9.17) is 9.47 Å². The summed E-state index contributed by atoms with van der Waals surface area (Å²) in [6, 6.07) is 4.13. The Morgan fingerprint density at radius 2 is 1.79 bits per heavy atom. The van der Waals surface area contributed by atoms with Gasteiger partial charge in [0.05, 0.1) is 6.61 Å². The van der Waals surface area contributed by atoms with E-state index in [0.717, 1.165) is 26.3 Å². The van der Waals surface area contributed by atoms with Crippen molar-refractivity contribution in [1.82, 2.24) is 9.80 Å². The second-order valence-corrected chi connectivity index (χ2v) is 6.60. The molecular formula is C19H25F3N2O4. The number of carbonyl (C=O) groups is 2. The summed E-state index contributed by atoms with van der Waals surface area (Å²) in [6.07, 6.45) is -1.43. The highest BCUT2D eigenvalue weighted by molar-refractivity contribution is 5.94. The lowest BCUT2D eigenvalue weighted by atomic mass is 10.1. The van der Waals surface area contributed by atoms with Gasteiger partial charge in [-0.05, 0) is 44.4 Å². The van der Waals surface area contributed by atoms with Crippen molar-refractivity contribution in [3.05, 3.63) is 23.8 Å². The first-order valence-electron chi connectivity index (χ1n) is 9.21. The molecule has 0 unspecified atom stereocenters. The number of amides is 2. The molecule has 2 rings (SSSR count). The molecule has 1 heterocycles. The fraction of sp³-hybridized carbons (Fsp3) is 0.579. The predicted molar refractivity (Wildman–Crippen MR) is 96.6 cm³/mol. The monoisotopic (exact) mass is 402 g/mol. The van der Waals surface area contributed by atoms with Gasteiger partial charge in [0.2, 0.25) is 0 Å². The molecule has 1 aromatic rings. The van der Waals surface area contributed by atoms with Crippen molar-refractivity contribution in [1.29, 1.82) is 0 Å². The second-order valence-electron chi connectivity index (χ2n) is 6.60. The first kappa shape index (κ1) is 21.8. The number of carbonyl (C=O) groups excluding carboxylic acids is 2. The SMILES string of the molecule is CCOc1cc(C(=O)N(C)CC(F)(F)F)ccc1OCC(=O)N1CCCCC1. The summed E-state index contributed by atoms with van der Waals surface area (Å²) in [7, 11) is 1.08. The molecule has 28 heavy (non-hydrogen) atoms. The number of ether oxygens (including phenoxy) is 2. The summed E-state index contributed by atoms with van der Waals surface area (Å²) in [5, 5.41) is 0. The van der Waals surface area contributed by atoms with Crippen LogP contribution in [0.15, 0.2) is 18.2 Å². The van der Waals surface area contributed by atoms with Crippen molar-refractivity contribution >= 4 is 11.8 Å². The third-order valence-corrected chi connectivity index (χ3v) is 4.31. The van der Waals surface area contributed by atoms with Crippen LogP contribution in [0.25, 0.3) is 0 Å². The van der Waals surface area contributed by atoms with Crippen LogP contribution in [0.4, 0.5) is 13.2 Å². The molecule has 1 aliphatic heterocycles. The van der Waals surface area contributed by atoms with Gasteiger partial charge < -0.3 is 19.3 Å². The quantitative estimate of drug-likeness (QED) is 0.703. The average molecular weight is 402 g/mol. The minimum absolute atomic E-state index is 0.0462. The van der Waals surface area contributed by atoms with E-state index < -0.39 is 18.6 Å². The zero-order valence-corrected chi connectivity index (χ0v) is 16.1. The van der Waals surface area contributed by atoms with Crippen molar-refractivity contribution in [2.24, 2.45) is 0 Å². The summed E-state index contributed by atoms with van der Waals surface area (Å²) in [6.45, 7) is 1.90. The molecule has 0 spiro atoms. The highest BCUT2D eigenvalue weighted by atomic mass is 19.4. The van der Waals surface area contributed by atoms with E-state index in [1.165, 1.54) is 18.2 Å². The average Bonchev–Trinajstić information content (AvgIpc) is 2.65. The summed E-state index contributed by atoms with van der Waals surface area (Å²) in [4.78, 5) is 26.8. The van der Waals surface area contributed by atoms with Crippen LogP contribution in [0.2, 0.25) is 0 Å². The highest BCUT2D eigenvalue weighted by Crippen LogP contribution is 2.29. The standard InChI is InChI=1S/C19H25F3N2O4/c1-3-27-16-11-14(18(26)23(2)13-19(20,21)22)7-8-15(16)28-12-17(25)24-9-5-4-6-10-24/h7-8,11H,3-6,9-10,12-13H2,1-2H3. The van der Waals surface area contributed by atoms with E-state index in [1.54, 1.807) is 11.8 Å². The van der Waals surface area contributed by atoms with Gasteiger partial charge in [-0.3, -0.25) is 9.59 Å². The van der Waals surface area contributed by atoms with Crippen LogP contribution in [0.5, 0.6) is 11.5 Å². The molecule has 0 saturated carbocycles. The van der Waals surface area contributed by atoms with Gasteiger partial charge in [-0.2, -0.15) is 13.2 Å². The Morgan fingerprint density at radius 1 is 1.11 bits per heavy atom. The van der Waals surface area contributed by atoms with E-state index in [2.05, 4.69) is 0 Å². The molecule has 1 fully saturated rings. The maximum absolute atomic E-state index is 12.5. The minimum atomic E-state index is -4.48. The first-order valence-corrected chi connectivity index (χ1v) is 9.21. The summed E-state index contributed by atoms with van der Waals surface area (Å²) < 4.78 is 48.5. The number of likely N-dealkylation sites (tertiary alicyclic amines) is 1. The molecular weight excluding hydrogens is 377 g/mol. The summed E-state index contributed by atoms with van der Waals surface area (Å²) in [5.74, 6) is -0.441. The number of piperidine rings is 1. The van der Waals surface area contributed by atoms with E-state index >= 15 is 0 Å². The molecule has 1 saturated heterocycles. The minimum Gasteiger partial charge on any atom is -0.490 e. The summed E-state index contributed by atoms with van der Waals surface area (Å²) in [5.41, 5.74) is 0.0462. The van der Waals surface area contributed by atoms with E-state index in [-0.39, 0.29) is 36.2 Å². The highest BCUT2D eigenvalue weighted by Gasteiger charge is 2.31. The fourth-order valence-corrected chi connectivity index (χ4v) is 2.96. The third kappa shape index (κ3) is 6.31. The van der Waals surface area contributed by atoms with Gasteiger partial charge in [0.15, 0.2) is 18.1 Å². The molecule has 156 valence electrons. The zero-order chi connectivity index (χ0) is 20.7. The van der Waals surface area contributed by atoms with E-state index in [1.807, 2.05) is 0 Å². The number of rotatable bonds is 7. The molecule has 0 bridgehead atoms. The number of benzene rings is 1. The Balaban J connectivity index is 2.07. The fourth-order valence-electron chi connectivity index (χ4n) is 2.96. The van der Waals surface area contributed by atoms with Crippen LogP contribution in [-0.4, -0.2) is 67.7 Å². The normalized spacial score (nSPS) is 14.5. The Morgan fingerprint density at radius 3 is 2.39 bits per heavy atom. The van der Waals surface area contributed by atoms with Crippen LogP contribution in [0, 0.1) is 0 Å². The lowest BCUT2D eigenvalue weighted by molar-refractivity contribution is -0.138. The van der Waals surface area contributed by atoms with Crippen molar-refractivity contribution in [2.75, 3.05) is 39.9 Å². The van der Waals surface area contributed by atoms with Gasteiger partial charge in [-0.25, -0.2) is 0 Å². The Hall–Kier alpha value is -2.45. The Bertz CT molecular complexity index is 688. The smallest absolute Gasteiger partial charge is 0.406 e. The Labute approximate surface area is 162 Å². The molecule has 0 radical (unpaired) electrons. The molecule has 1 aromatic carbocycles. The Kier molecular flexibility index (Phi) is 7.53. The molecule has 0 N–H and O–H groups in total. The van der Waals surface area contributed by atoms with Gasteiger partial charge in [0, 0.05) is 25.7 Å². The maximum Gasteiger partial charge on any atom is 0.406 e. The van der Waals surface area contributed by atoms with Gasteiger partial charge in [-0.1, -0.05) is 0 Å². The number of alkyl halides is 3. The van der Waals surface area contributed by atoms with Gasteiger partial charge >= 0.3 is 6.18 Å². The molecule has 0 aliphatic carbocycles. The number of halogens is 3. The molecule has 2 amide bonds. The van der Waals surface area contributed by atoms with Crippen molar-refractivity contribution in [2.45, 2.75) is 32.4 Å². The summed E-state index contributed by atoms with van der Waals surface area (Å²) >= 11 is 0. The van der Waals surface area contributed by atoms with Gasteiger partial charge in [0.25, 0.3) is 11.8 Å². The molecule has 9 heteroatoms. The first-order chi connectivity index (χ1) is 13.2. The van der Waals surface area contributed by atoms with Gasteiger partial charge in [-0.15, -0.1) is 0 Å². The van der Waals surface area contributed by atoms with Gasteiger partial charge in [0.1, 0.15) is 6.54 Å². The van der Waals surface area contributed by atoms with Crippen LogP contribution >= 0.6 is 0 Å². The zero-order valence-electron chi connectivity index (χ0n) is 16.1. The largest absolute Gasteiger partial charge is 0.490 e. The van der Waals surface area contributed by atoms with Crippen molar-refractivity contribution < 1.29 is 32.2 Å². The van der Waals surface area contributed by atoms with Crippen molar-refractivity contribution in [3.8, 4) is 11.5 Å². The maximum atomic E-state index is 12.5. The predicted octanol–water partition coefficient (Wildman–Crippen LogP) is 3.11. The molecule has 6 nitrogen and oxygen atoms in total. The number of hydrogen-bond acceptors (Lipinski definition) is 4. The lowest BCUT2D eigenvalue weighted by Gasteiger charge is -2.26. The van der Waals surface area contributed by atoms with Crippen LogP contribution in [0.3, 0.4) is 0 Å². The van der Waals surface area contributed by atoms with Crippen LogP contribution < -0.4 is 9.47 Å². The molecule has 0 atom stereocenters. The molecule has 1 aliphatic rings. The van der Waals surface area contributed by atoms with Crippen LogP contribution in [0.1, 0.15) is 36.5 Å². The van der Waals surface area contributed by atoms with E-state index in [0.29, 0.717) is 18.0 Å². The third-order valence-electron chi connectivity index (χ3n) is 4.31. The molecule has 0 aromatic heterocycles.